The Hall–Kier alpha value is -1.45. The third kappa shape index (κ3) is 4.83. The molecule has 3 rings (SSSR count). The highest BCUT2D eigenvalue weighted by Gasteiger charge is 2.43. The lowest BCUT2D eigenvalue weighted by atomic mass is 10.2. The van der Waals surface area contributed by atoms with Crippen molar-refractivity contribution in [3.8, 4) is 0 Å². The standard InChI is InChI=1S/C18H15Cl3N2O4S2/c1-11-6-8-12(9-7-11)28-17(18(19,20)21)22-15(24)10-23-16(25)13-4-2-3-5-14(13)29(23,26)27/h2-9,17H,10H2,1H3,(H,22,24)/t17-/m0/s1. The van der Waals surface area contributed by atoms with Gasteiger partial charge in [0.2, 0.25) is 9.70 Å². The van der Waals surface area contributed by atoms with Gasteiger partial charge in [-0.15, -0.1) is 0 Å². The number of nitrogens with zero attached hydrogens (tertiary/aromatic N) is 1. The third-order valence-corrected chi connectivity index (χ3v) is 8.14. The van der Waals surface area contributed by atoms with Gasteiger partial charge in [-0.3, -0.25) is 9.59 Å². The molecular weight excluding hydrogens is 479 g/mol. The second kappa shape index (κ2) is 8.35. The number of alkyl halides is 3. The van der Waals surface area contributed by atoms with E-state index in [2.05, 4.69) is 5.32 Å². The smallest absolute Gasteiger partial charge is 0.269 e. The molecule has 1 aliphatic heterocycles. The molecule has 0 spiro atoms. The number of fused-ring (bicyclic) bond motifs is 1. The van der Waals surface area contributed by atoms with Crippen LogP contribution >= 0.6 is 46.6 Å². The summed E-state index contributed by atoms with van der Waals surface area (Å²) in [7, 11) is -4.11. The van der Waals surface area contributed by atoms with Gasteiger partial charge >= 0.3 is 0 Å². The average Bonchev–Trinajstić information content (AvgIpc) is 2.83. The van der Waals surface area contributed by atoms with Crippen molar-refractivity contribution in [2.75, 3.05) is 6.54 Å². The van der Waals surface area contributed by atoms with Crippen LogP contribution in [-0.2, 0) is 14.8 Å². The number of hydrogen-bond acceptors (Lipinski definition) is 5. The molecule has 0 fully saturated rings. The topological polar surface area (TPSA) is 83.6 Å². The first-order valence-corrected chi connectivity index (χ1v) is 11.7. The number of thioether (sulfide) groups is 1. The minimum Gasteiger partial charge on any atom is -0.338 e. The zero-order valence-corrected chi connectivity index (χ0v) is 18.8. The molecule has 2 aromatic carbocycles. The number of hydrogen-bond donors (Lipinski definition) is 1. The van der Waals surface area contributed by atoms with Gasteiger partial charge in [0.1, 0.15) is 16.8 Å². The average molecular weight is 494 g/mol. The van der Waals surface area contributed by atoms with Crippen LogP contribution in [0.5, 0.6) is 0 Å². The summed E-state index contributed by atoms with van der Waals surface area (Å²) in [5.74, 6) is -1.54. The Labute approximate surface area is 187 Å². The van der Waals surface area contributed by atoms with Gasteiger partial charge in [-0.25, -0.2) is 12.7 Å². The van der Waals surface area contributed by atoms with Crippen molar-refractivity contribution in [3.63, 3.8) is 0 Å². The van der Waals surface area contributed by atoms with E-state index in [1.54, 1.807) is 18.2 Å². The molecule has 6 nitrogen and oxygen atoms in total. The summed E-state index contributed by atoms with van der Waals surface area (Å²) in [5.41, 5.74) is 1.06. The lowest BCUT2D eigenvalue weighted by Crippen LogP contribution is -2.47. The third-order valence-electron chi connectivity index (χ3n) is 4.06. The number of halogens is 3. The summed E-state index contributed by atoms with van der Waals surface area (Å²) < 4.78 is 23.8. The van der Waals surface area contributed by atoms with Crippen LogP contribution in [0, 0.1) is 6.92 Å². The monoisotopic (exact) mass is 492 g/mol. The Balaban J connectivity index is 1.76. The number of amides is 2. The molecule has 0 bridgehead atoms. The van der Waals surface area contributed by atoms with E-state index in [-0.39, 0.29) is 10.5 Å². The molecule has 154 valence electrons. The highest BCUT2D eigenvalue weighted by molar-refractivity contribution is 8.00. The van der Waals surface area contributed by atoms with Crippen molar-refractivity contribution in [2.45, 2.75) is 25.9 Å². The Morgan fingerprint density at radius 2 is 1.76 bits per heavy atom. The summed E-state index contributed by atoms with van der Waals surface area (Å²) in [6, 6.07) is 13.1. The Morgan fingerprint density at radius 1 is 1.14 bits per heavy atom. The maximum Gasteiger partial charge on any atom is 0.269 e. The van der Waals surface area contributed by atoms with Crippen molar-refractivity contribution in [1.82, 2.24) is 9.62 Å². The first-order chi connectivity index (χ1) is 13.5. The maximum atomic E-state index is 12.6. The van der Waals surface area contributed by atoms with Gasteiger partial charge < -0.3 is 5.32 Å². The second-order valence-corrected chi connectivity index (χ2v) is 11.6. The normalized spacial score (nSPS) is 16.4. The Kier molecular flexibility index (Phi) is 6.41. The molecule has 0 unspecified atom stereocenters. The highest BCUT2D eigenvalue weighted by atomic mass is 35.6. The number of carbonyl (C=O) groups excluding carboxylic acids is 2. The number of sulfonamides is 1. The first kappa shape index (κ1) is 22.2. The van der Waals surface area contributed by atoms with Crippen molar-refractivity contribution in [2.24, 2.45) is 0 Å². The second-order valence-electron chi connectivity index (χ2n) is 6.23. The van der Waals surface area contributed by atoms with Crippen LogP contribution in [0.4, 0.5) is 0 Å². The summed E-state index contributed by atoms with van der Waals surface area (Å²) in [5, 5.41) is 1.49. The molecule has 0 aliphatic carbocycles. The molecule has 1 aliphatic rings. The summed E-state index contributed by atoms with van der Waals surface area (Å²) >= 11 is 19.1. The SMILES string of the molecule is Cc1ccc(S[C@H](NC(=O)CN2C(=O)c3ccccc3S2(=O)=O)C(Cl)(Cl)Cl)cc1. The lowest BCUT2D eigenvalue weighted by molar-refractivity contribution is -0.121. The largest absolute Gasteiger partial charge is 0.338 e. The zero-order valence-electron chi connectivity index (χ0n) is 14.9. The molecule has 1 heterocycles. The van der Waals surface area contributed by atoms with Crippen LogP contribution in [0.15, 0.2) is 58.3 Å². The minimum atomic E-state index is -4.11. The van der Waals surface area contributed by atoms with E-state index in [1.807, 2.05) is 19.1 Å². The fourth-order valence-electron chi connectivity index (χ4n) is 2.64. The molecule has 1 N–H and O–H groups in total. The van der Waals surface area contributed by atoms with Crippen molar-refractivity contribution < 1.29 is 18.0 Å². The van der Waals surface area contributed by atoms with Gasteiger partial charge in [0, 0.05) is 4.90 Å². The van der Waals surface area contributed by atoms with E-state index in [1.165, 1.54) is 18.2 Å². The minimum absolute atomic E-state index is 0.0206. The van der Waals surface area contributed by atoms with Gasteiger partial charge in [-0.1, -0.05) is 76.4 Å². The predicted octanol–water partition coefficient (Wildman–Crippen LogP) is 3.74. The van der Waals surface area contributed by atoms with E-state index in [4.69, 9.17) is 34.8 Å². The van der Waals surface area contributed by atoms with Gasteiger partial charge in [0.25, 0.3) is 15.9 Å². The summed E-state index contributed by atoms with van der Waals surface area (Å²) in [6.07, 6.45) is 0. The Bertz CT molecular complexity index is 1050. The van der Waals surface area contributed by atoms with Gasteiger partial charge in [-0.05, 0) is 31.2 Å². The fraction of sp³-hybridized carbons (Fsp3) is 0.222. The molecule has 0 saturated carbocycles. The van der Waals surface area contributed by atoms with Crippen LogP contribution < -0.4 is 5.32 Å². The molecule has 0 radical (unpaired) electrons. The van der Waals surface area contributed by atoms with Crippen LogP contribution in [0.1, 0.15) is 15.9 Å². The highest BCUT2D eigenvalue weighted by Crippen LogP contribution is 2.39. The van der Waals surface area contributed by atoms with E-state index in [9.17, 15) is 18.0 Å². The van der Waals surface area contributed by atoms with Crippen LogP contribution in [-0.4, -0.2) is 40.2 Å². The lowest BCUT2D eigenvalue weighted by Gasteiger charge is -2.26. The number of aryl methyl sites for hydroxylation is 1. The number of carbonyl (C=O) groups is 2. The molecule has 29 heavy (non-hydrogen) atoms. The van der Waals surface area contributed by atoms with Crippen LogP contribution in [0.3, 0.4) is 0 Å². The van der Waals surface area contributed by atoms with Crippen molar-refractivity contribution in [3.05, 3.63) is 59.7 Å². The van der Waals surface area contributed by atoms with Gasteiger partial charge in [0.15, 0.2) is 0 Å². The van der Waals surface area contributed by atoms with E-state index >= 15 is 0 Å². The van der Waals surface area contributed by atoms with Crippen molar-refractivity contribution >= 4 is 68.4 Å². The maximum absolute atomic E-state index is 12.6. The van der Waals surface area contributed by atoms with E-state index in [0.29, 0.717) is 4.31 Å². The fourth-order valence-corrected chi connectivity index (χ4v) is 5.62. The molecular formula is C18H15Cl3N2O4S2. The van der Waals surface area contributed by atoms with E-state index < -0.39 is 37.5 Å². The molecule has 2 aromatic rings. The predicted molar refractivity (Wildman–Crippen MR) is 114 cm³/mol. The Morgan fingerprint density at radius 3 is 2.34 bits per heavy atom. The molecule has 1 atom stereocenters. The molecule has 11 heteroatoms. The number of benzene rings is 2. The van der Waals surface area contributed by atoms with Crippen molar-refractivity contribution in [1.29, 1.82) is 0 Å². The molecule has 0 aromatic heterocycles. The quantitative estimate of drug-likeness (QED) is 0.390. The van der Waals surface area contributed by atoms with Crippen LogP contribution in [0.25, 0.3) is 0 Å². The zero-order chi connectivity index (χ0) is 21.4. The van der Waals surface area contributed by atoms with Crippen LogP contribution in [0.2, 0.25) is 0 Å². The molecule has 2 amide bonds. The summed E-state index contributed by atoms with van der Waals surface area (Å²) in [4.78, 5) is 25.6. The van der Waals surface area contributed by atoms with Gasteiger partial charge in [-0.2, -0.15) is 0 Å². The number of rotatable bonds is 5. The van der Waals surface area contributed by atoms with E-state index in [0.717, 1.165) is 22.2 Å². The summed E-state index contributed by atoms with van der Waals surface area (Å²) in [6.45, 7) is 1.20. The molecule has 0 saturated heterocycles. The first-order valence-electron chi connectivity index (χ1n) is 8.25. The van der Waals surface area contributed by atoms with Gasteiger partial charge in [0.05, 0.1) is 5.56 Å². The number of nitrogens with one attached hydrogen (secondary N) is 1.